The molecule has 0 bridgehead atoms. The standard InChI is InChI=1S/C30H17N3S/c1-2-8-17-16(7-1)13-21-28-30(32-23-11-5-4-10-22(23)31-28)33-24-15-26-19(14-20(24)27(17)29(21)33)18-9-3-6-12-25(18)34-26/h1-15,23,32H. The Balaban J connectivity index is 1.55. The Kier molecular flexibility index (Phi) is 2.98. The summed E-state index contributed by atoms with van der Waals surface area (Å²) in [5.41, 5.74) is 4.64. The number of anilines is 1. The van der Waals surface area contributed by atoms with Gasteiger partial charge in [0.2, 0.25) is 0 Å². The predicted molar refractivity (Wildman–Crippen MR) is 147 cm³/mol. The van der Waals surface area contributed by atoms with Gasteiger partial charge in [-0.1, -0.05) is 60.7 Å². The molecule has 4 aromatic carbocycles. The lowest BCUT2D eigenvalue weighted by Gasteiger charge is -2.23. The first-order chi connectivity index (χ1) is 16.8. The summed E-state index contributed by atoms with van der Waals surface area (Å²) in [5, 5.41) is 12.9. The van der Waals surface area contributed by atoms with E-state index >= 15 is 0 Å². The van der Waals surface area contributed by atoms with Gasteiger partial charge in [-0.3, -0.25) is 4.40 Å². The Labute approximate surface area is 198 Å². The van der Waals surface area contributed by atoms with Gasteiger partial charge in [0.1, 0.15) is 11.5 Å². The number of hydrogen-bond donors (Lipinski definition) is 1. The SMILES string of the molecule is C1=CC2=Nc3c(n4c5cc6sc7ccccc7c6cc5c5c6ccccc6cc3c54)NC2C=C1. The molecule has 0 amide bonds. The number of thiophene rings is 1. The summed E-state index contributed by atoms with van der Waals surface area (Å²) >= 11 is 1.88. The topological polar surface area (TPSA) is 28.8 Å². The van der Waals surface area contributed by atoms with Gasteiger partial charge >= 0.3 is 0 Å². The highest BCUT2D eigenvalue weighted by atomic mass is 32.1. The van der Waals surface area contributed by atoms with Gasteiger partial charge in [0.25, 0.3) is 0 Å². The summed E-state index contributed by atoms with van der Waals surface area (Å²) in [6.45, 7) is 0. The van der Waals surface area contributed by atoms with Crippen LogP contribution in [0, 0.1) is 0 Å². The van der Waals surface area contributed by atoms with Crippen molar-refractivity contribution in [1.82, 2.24) is 4.40 Å². The predicted octanol–water partition coefficient (Wildman–Crippen LogP) is 8.20. The fourth-order valence-corrected chi connectivity index (χ4v) is 7.16. The highest BCUT2D eigenvalue weighted by Gasteiger charge is 2.29. The lowest BCUT2D eigenvalue weighted by atomic mass is 9.99. The molecule has 1 aliphatic carbocycles. The molecule has 0 radical (unpaired) electrons. The molecule has 158 valence electrons. The highest BCUT2D eigenvalue weighted by Crippen LogP contribution is 2.50. The molecule has 7 aromatic rings. The molecular weight excluding hydrogens is 434 g/mol. The third-order valence-corrected chi connectivity index (χ3v) is 8.62. The van der Waals surface area contributed by atoms with E-state index in [-0.39, 0.29) is 6.04 Å². The van der Waals surface area contributed by atoms with E-state index in [0.29, 0.717) is 0 Å². The van der Waals surface area contributed by atoms with Gasteiger partial charge in [-0.05, 0) is 41.1 Å². The largest absolute Gasteiger partial charge is 0.357 e. The molecule has 0 saturated carbocycles. The number of allylic oxidation sites excluding steroid dienone is 2. The molecule has 3 nitrogen and oxygen atoms in total. The van der Waals surface area contributed by atoms with Crippen molar-refractivity contribution >= 4 is 86.7 Å². The van der Waals surface area contributed by atoms with Crippen LogP contribution >= 0.6 is 11.3 Å². The quantitative estimate of drug-likeness (QED) is 0.247. The summed E-state index contributed by atoms with van der Waals surface area (Å²) in [6, 6.07) is 24.7. The van der Waals surface area contributed by atoms with Gasteiger partial charge in [0, 0.05) is 36.3 Å². The molecule has 9 rings (SSSR count). The van der Waals surface area contributed by atoms with Crippen LogP contribution in [0.1, 0.15) is 0 Å². The molecule has 1 unspecified atom stereocenters. The second-order valence-corrected chi connectivity index (χ2v) is 10.4. The zero-order valence-electron chi connectivity index (χ0n) is 18.0. The third kappa shape index (κ3) is 1.97. The van der Waals surface area contributed by atoms with Crippen LogP contribution in [0.3, 0.4) is 0 Å². The highest BCUT2D eigenvalue weighted by molar-refractivity contribution is 7.25. The van der Waals surface area contributed by atoms with Crippen LogP contribution < -0.4 is 5.32 Å². The Hall–Kier alpha value is -4.15. The second-order valence-electron chi connectivity index (χ2n) is 9.27. The Morgan fingerprint density at radius 3 is 2.65 bits per heavy atom. The van der Waals surface area contributed by atoms with Crippen molar-refractivity contribution in [2.75, 3.05) is 5.32 Å². The van der Waals surface area contributed by atoms with E-state index in [1.165, 1.54) is 58.1 Å². The average molecular weight is 452 g/mol. The van der Waals surface area contributed by atoms with Gasteiger partial charge in [0.15, 0.2) is 0 Å². The molecule has 1 N–H and O–H groups in total. The number of benzene rings is 4. The number of aromatic nitrogens is 1. The Morgan fingerprint density at radius 2 is 1.68 bits per heavy atom. The van der Waals surface area contributed by atoms with E-state index < -0.39 is 0 Å². The Bertz CT molecular complexity index is 2100. The van der Waals surface area contributed by atoms with Gasteiger partial charge in [-0.25, -0.2) is 4.99 Å². The van der Waals surface area contributed by atoms with Crippen molar-refractivity contribution < 1.29 is 0 Å². The van der Waals surface area contributed by atoms with Crippen LogP contribution in [0.4, 0.5) is 11.5 Å². The maximum atomic E-state index is 5.17. The zero-order chi connectivity index (χ0) is 22.0. The summed E-state index contributed by atoms with van der Waals surface area (Å²) in [4.78, 5) is 5.17. The summed E-state index contributed by atoms with van der Waals surface area (Å²) in [5.74, 6) is 1.10. The number of nitrogens with zero attached hydrogens (tertiary/aromatic N) is 2. The number of rotatable bonds is 0. The van der Waals surface area contributed by atoms with Gasteiger partial charge in [-0.15, -0.1) is 11.3 Å². The maximum Gasteiger partial charge on any atom is 0.138 e. The molecule has 4 heterocycles. The molecule has 3 aromatic heterocycles. The van der Waals surface area contributed by atoms with Crippen molar-refractivity contribution in [2.45, 2.75) is 6.04 Å². The minimum Gasteiger partial charge on any atom is -0.357 e. The fraction of sp³-hybridized carbons (Fsp3) is 0.0333. The molecule has 1 aliphatic heterocycles. The van der Waals surface area contributed by atoms with Crippen molar-refractivity contribution in [1.29, 1.82) is 0 Å². The van der Waals surface area contributed by atoms with E-state index in [4.69, 9.17) is 4.99 Å². The van der Waals surface area contributed by atoms with E-state index in [1.807, 2.05) is 11.3 Å². The molecule has 2 aliphatic rings. The van der Waals surface area contributed by atoms with E-state index in [2.05, 4.69) is 101 Å². The first kappa shape index (κ1) is 17.3. The van der Waals surface area contributed by atoms with E-state index in [1.54, 1.807) is 0 Å². The Morgan fingerprint density at radius 1 is 0.794 bits per heavy atom. The van der Waals surface area contributed by atoms with Crippen LogP contribution in [-0.2, 0) is 0 Å². The fourth-order valence-electron chi connectivity index (χ4n) is 6.04. The number of aliphatic imine (C=N–C) groups is 1. The molecule has 34 heavy (non-hydrogen) atoms. The van der Waals surface area contributed by atoms with Gasteiger partial charge in [-0.2, -0.15) is 0 Å². The van der Waals surface area contributed by atoms with Gasteiger partial charge in [0.05, 0.1) is 22.8 Å². The van der Waals surface area contributed by atoms with E-state index in [9.17, 15) is 0 Å². The minimum atomic E-state index is 0.105. The van der Waals surface area contributed by atoms with Crippen molar-refractivity contribution in [2.24, 2.45) is 4.99 Å². The summed E-state index contributed by atoms with van der Waals surface area (Å²) in [6.07, 6.45) is 8.48. The monoisotopic (exact) mass is 451 g/mol. The number of hydrogen-bond acceptors (Lipinski definition) is 3. The second kappa shape index (κ2) is 5.85. The molecular formula is C30H17N3S. The van der Waals surface area contributed by atoms with Crippen molar-refractivity contribution in [3.8, 4) is 0 Å². The van der Waals surface area contributed by atoms with E-state index in [0.717, 1.165) is 17.2 Å². The lowest BCUT2D eigenvalue weighted by Crippen LogP contribution is -2.30. The third-order valence-electron chi connectivity index (χ3n) is 7.49. The molecule has 0 fully saturated rings. The summed E-state index contributed by atoms with van der Waals surface area (Å²) < 4.78 is 5.09. The number of nitrogens with one attached hydrogen (secondary N) is 1. The molecule has 0 saturated heterocycles. The van der Waals surface area contributed by atoms with Crippen molar-refractivity contribution in [3.05, 3.63) is 91.0 Å². The molecule has 1 atom stereocenters. The molecule has 0 spiro atoms. The van der Waals surface area contributed by atoms with Crippen LogP contribution in [0.25, 0.3) is 58.1 Å². The van der Waals surface area contributed by atoms with Gasteiger partial charge < -0.3 is 5.32 Å². The first-order valence-electron chi connectivity index (χ1n) is 11.6. The van der Waals surface area contributed by atoms with Crippen LogP contribution in [0.2, 0.25) is 0 Å². The van der Waals surface area contributed by atoms with Crippen LogP contribution in [-0.4, -0.2) is 16.2 Å². The smallest absolute Gasteiger partial charge is 0.138 e. The average Bonchev–Trinajstić information content (AvgIpc) is 3.51. The minimum absolute atomic E-state index is 0.105. The van der Waals surface area contributed by atoms with Crippen LogP contribution in [0.5, 0.6) is 0 Å². The molecule has 4 heteroatoms. The summed E-state index contributed by atoms with van der Waals surface area (Å²) in [7, 11) is 0. The maximum absolute atomic E-state index is 5.17. The lowest BCUT2D eigenvalue weighted by molar-refractivity contribution is 1.09. The number of fused-ring (bicyclic) bond motifs is 12. The van der Waals surface area contributed by atoms with Crippen molar-refractivity contribution in [3.63, 3.8) is 0 Å². The normalized spacial score (nSPS) is 17.3. The first-order valence-corrected chi connectivity index (χ1v) is 12.4. The zero-order valence-corrected chi connectivity index (χ0v) is 18.9. The van der Waals surface area contributed by atoms with Crippen LogP contribution in [0.15, 0.2) is 96.0 Å².